The first-order valence-electron chi connectivity index (χ1n) is 11.7. The number of carbonyl (C=O) groups is 2. The lowest BCUT2D eigenvalue weighted by molar-refractivity contribution is -0.135. The lowest BCUT2D eigenvalue weighted by Gasteiger charge is -2.36. The van der Waals surface area contributed by atoms with Gasteiger partial charge in [-0.05, 0) is 37.6 Å². The molecule has 1 fully saturated rings. The molecule has 0 aromatic heterocycles. The van der Waals surface area contributed by atoms with Crippen LogP contribution in [-0.2, 0) is 14.3 Å². The van der Waals surface area contributed by atoms with Crippen molar-refractivity contribution in [2.45, 2.75) is 57.1 Å². The Bertz CT molecular complexity index is 803. The molecule has 1 aromatic rings. The van der Waals surface area contributed by atoms with E-state index in [1.54, 1.807) is 13.2 Å². The second-order valence-electron chi connectivity index (χ2n) is 8.68. The maximum atomic E-state index is 12.8. The summed E-state index contributed by atoms with van der Waals surface area (Å²) in [4.78, 5) is 28.9. The Morgan fingerprint density at radius 2 is 1.75 bits per heavy atom. The van der Waals surface area contributed by atoms with Crippen LogP contribution in [0, 0.1) is 0 Å². The highest BCUT2D eigenvalue weighted by molar-refractivity contribution is 8.15. The van der Waals surface area contributed by atoms with Crippen molar-refractivity contribution in [3.8, 4) is 5.75 Å². The Morgan fingerprint density at radius 1 is 1.06 bits per heavy atom. The van der Waals surface area contributed by atoms with Gasteiger partial charge in [0.15, 0.2) is 6.61 Å². The zero-order valence-corrected chi connectivity index (χ0v) is 20.4. The monoisotopic (exact) mass is 460 g/mol. The first-order chi connectivity index (χ1) is 15.4. The number of methoxy groups -OCH3 is 1. The quantitative estimate of drug-likeness (QED) is 0.449. The van der Waals surface area contributed by atoms with Crippen molar-refractivity contribution >= 4 is 28.5 Å². The lowest BCUT2D eigenvalue weighted by Crippen LogP contribution is -2.49. The summed E-state index contributed by atoms with van der Waals surface area (Å²) >= 11 is 1.33. The molecule has 1 amide bonds. The van der Waals surface area contributed by atoms with E-state index >= 15 is 0 Å². The number of amides is 1. The van der Waals surface area contributed by atoms with Gasteiger partial charge in [-0.1, -0.05) is 50.8 Å². The van der Waals surface area contributed by atoms with Crippen molar-refractivity contribution < 1.29 is 19.1 Å². The number of nitrogens with zero attached hydrogens (tertiary/aromatic N) is 2. The molecule has 2 aliphatic heterocycles. The van der Waals surface area contributed by atoms with E-state index in [0.29, 0.717) is 18.8 Å². The molecule has 0 radical (unpaired) electrons. The fraction of sp³-hybridized carbons (Fsp3) is 0.600. The second kappa shape index (κ2) is 11.6. The zero-order chi connectivity index (χ0) is 23.0. The van der Waals surface area contributed by atoms with Crippen LogP contribution in [0.4, 0.5) is 5.69 Å². The van der Waals surface area contributed by atoms with Crippen molar-refractivity contribution in [1.29, 1.82) is 0 Å². The van der Waals surface area contributed by atoms with E-state index in [1.807, 2.05) is 29.2 Å². The third-order valence-corrected chi connectivity index (χ3v) is 7.45. The average Bonchev–Trinajstić information content (AvgIpc) is 3.10. The van der Waals surface area contributed by atoms with E-state index in [4.69, 9.17) is 9.47 Å². The minimum absolute atomic E-state index is 0.00632. The molecule has 1 aromatic carbocycles. The van der Waals surface area contributed by atoms with E-state index in [1.165, 1.54) is 37.4 Å². The van der Waals surface area contributed by atoms with Gasteiger partial charge >= 0.3 is 0 Å². The molecule has 0 aliphatic carbocycles. The minimum Gasteiger partial charge on any atom is -0.497 e. The first-order valence-corrected chi connectivity index (χ1v) is 12.5. The number of piperazine rings is 1. The summed E-state index contributed by atoms with van der Waals surface area (Å²) in [5.41, 5.74) is 1.13. The maximum Gasteiger partial charge on any atom is 0.260 e. The fourth-order valence-electron chi connectivity index (χ4n) is 4.23. The van der Waals surface area contributed by atoms with Crippen LogP contribution in [0.5, 0.6) is 5.75 Å². The number of anilines is 1. The van der Waals surface area contributed by atoms with Crippen molar-refractivity contribution in [3.63, 3.8) is 0 Å². The molecule has 2 heterocycles. The molecule has 2 aliphatic rings. The van der Waals surface area contributed by atoms with Crippen LogP contribution in [0.15, 0.2) is 36.1 Å². The molecular weight excluding hydrogens is 424 g/mol. The highest BCUT2D eigenvalue weighted by atomic mass is 32.2. The Kier molecular flexibility index (Phi) is 8.91. The van der Waals surface area contributed by atoms with E-state index < -0.39 is 0 Å². The Hall–Kier alpha value is -2.15. The number of benzene rings is 1. The maximum absolute atomic E-state index is 12.8. The van der Waals surface area contributed by atoms with Gasteiger partial charge in [-0.15, -0.1) is 0 Å². The topological polar surface area (TPSA) is 59.1 Å². The fourth-order valence-corrected chi connectivity index (χ4v) is 5.31. The molecule has 0 spiro atoms. The smallest absolute Gasteiger partial charge is 0.260 e. The van der Waals surface area contributed by atoms with E-state index in [9.17, 15) is 9.59 Å². The number of thioether (sulfide) groups is 1. The van der Waals surface area contributed by atoms with Gasteiger partial charge in [0.1, 0.15) is 11.5 Å². The standard InChI is InChI=1S/C25H36N2O4S/c1-4-5-6-7-8-13-25(2)22(18-24(29)32-25)31-19-23(28)27-16-14-26(15-17-27)20-9-11-21(30-3)12-10-20/h9-12,18H,4-8,13-17,19H2,1-3H3. The van der Waals surface area contributed by atoms with Crippen LogP contribution in [0.25, 0.3) is 0 Å². The van der Waals surface area contributed by atoms with Crippen LogP contribution >= 0.6 is 11.8 Å². The lowest BCUT2D eigenvalue weighted by atomic mass is 9.99. The normalized spacial score (nSPS) is 21.0. The van der Waals surface area contributed by atoms with Crippen molar-refractivity contribution in [1.82, 2.24) is 4.90 Å². The van der Waals surface area contributed by atoms with Crippen molar-refractivity contribution in [3.05, 3.63) is 36.1 Å². The average molecular weight is 461 g/mol. The SMILES string of the molecule is CCCCCCCC1(C)SC(=O)C=C1OCC(=O)N1CCN(c2ccc(OC)cc2)CC1. The number of rotatable bonds is 11. The largest absolute Gasteiger partial charge is 0.497 e. The second-order valence-corrected chi connectivity index (χ2v) is 10.2. The number of hydrogen-bond acceptors (Lipinski definition) is 6. The van der Waals surface area contributed by atoms with Gasteiger partial charge in [0.05, 0.1) is 11.9 Å². The molecule has 1 saturated heterocycles. The summed E-state index contributed by atoms with van der Waals surface area (Å²) in [5, 5.41) is 0.0246. The van der Waals surface area contributed by atoms with E-state index in [0.717, 1.165) is 37.4 Å². The van der Waals surface area contributed by atoms with Gasteiger partial charge in [0.25, 0.3) is 5.91 Å². The highest BCUT2D eigenvalue weighted by Crippen LogP contribution is 2.44. The number of hydrogen-bond donors (Lipinski definition) is 0. The molecule has 1 unspecified atom stereocenters. The molecule has 0 saturated carbocycles. The van der Waals surface area contributed by atoms with Gasteiger partial charge in [-0.2, -0.15) is 0 Å². The summed E-state index contributed by atoms with van der Waals surface area (Å²) in [6.07, 6.45) is 8.41. The predicted molar refractivity (Wildman–Crippen MR) is 130 cm³/mol. The number of carbonyl (C=O) groups excluding carboxylic acids is 2. The molecule has 1 atom stereocenters. The van der Waals surface area contributed by atoms with Crippen molar-refractivity contribution in [2.75, 3.05) is 44.8 Å². The first kappa shape index (κ1) is 24.5. The Morgan fingerprint density at radius 3 is 2.41 bits per heavy atom. The molecule has 0 bridgehead atoms. The molecule has 6 nitrogen and oxygen atoms in total. The van der Waals surface area contributed by atoms with E-state index in [2.05, 4.69) is 18.7 Å². The number of ether oxygens (including phenoxy) is 2. The molecule has 176 valence electrons. The molecule has 0 N–H and O–H groups in total. The summed E-state index contributed by atoms with van der Waals surface area (Å²) in [5.74, 6) is 1.48. The van der Waals surface area contributed by atoms with Gasteiger partial charge < -0.3 is 19.3 Å². The molecule has 3 rings (SSSR count). The molecule has 32 heavy (non-hydrogen) atoms. The molecular formula is C25H36N2O4S. The Labute approximate surface area is 196 Å². The molecule has 7 heteroatoms. The summed E-state index contributed by atoms with van der Waals surface area (Å²) in [6, 6.07) is 8.00. The minimum atomic E-state index is -0.351. The van der Waals surface area contributed by atoms with Gasteiger partial charge in [0, 0.05) is 37.9 Å². The van der Waals surface area contributed by atoms with Crippen molar-refractivity contribution in [2.24, 2.45) is 0 Å². The van der Waals surface area contributed by atoms with Gasteiger partial charge in [-0.3, -0.25) is 9.59 Å². The highest BCUT2D eigenvalue weighted by Gasteiger charge is 2.39. The summed E-state index contributed by atoms with van der Waals surface area (Å²) < 4.78 is 10.8. The van der Waals surface area contributed by atoms with Crippen LogP contribution in [-0.4, -0.2) is 60.6 Å². The van der Waals surface area contributed by atoms with Gasteiger partial charge in [-0.25, -0.2) is 0 Å². The van der Waals surface area contributed by atoms with E-state index in [-0.39, 0.29) is 22.4 Å². The van der Waals surface area contributed by atoms with Crippen LogP contribution in [0.3, 0.4) is 0 Å². The number of unbranched alkanes of at least 4 members (excludes halogenated alkanes) is 4. The van der Waals surface area contributed by atoms with Gasteiger partial charge in [0.2, 0.25) is 5.12 Å². The Balaban J connectivity index is 1.45. The summed E-state index contributed by atoms with van der Waals surface area (Å²) in [7, 11) is 1.66. The van der Waals surface area contributed by atoms with Crippen LogP contribution in [0.2, 0.25) is 0 Å². The van der Waals surface area contributed by atoms with Crippen LogP contribution in [0.1, 0.15) is 52.4 Å². The zero-order valence-electron chi connectivity index (χ0n) is 19.6. The predicted octanol–water partition coefficient (Wildman–Crippen LogP) is 4.64. The summed E-state index contributed by atoms with van der Waals surface area (Å²) in [6.45, 7) is 7.15. The third kappa shape index (κ3) is 6.44. The van der Waals surface area contributed by atoms with Crippen LogP contribution < -0.4 is 9.64 Å². The third-order valence-electron chi connectivity index (χ3n) is 6.27.